The van der Waals surface area contributed by atoms with E-state index < -0.39 is 0 Å². The Morgan fingerprint density at radius 1 is 0.885 bits per heavy atom. The molecule has 2 rings (SSSR count). The molecule has 0 amide bonds. The molecule has 0 heterocycles. The molecule has 26 heavy (non-hydrogen) atoms. The molecule has 140 valence electrons. The lowest BCUT2D eigenvalue weighted by molar-refractivity contribution is 0.133. The maximum absolute atomic E-state index is 9.34. The van der Waals surface area contributed by atoms with Crippen LogP contribution in [0.15, 0.2) is 64.9 Å². The standard InChI is InChI=1S/C21H30N4O/c1-4-24(18(3)17-26)15-20-11-13-21(14-12-20)22-23-25(5-2)16-19-9-7-6-8-10-19/h6-14,18,26H,4-5,15-17H2,1-3H3/b23-22+. The molecule has 0 radical (unpaired) electrons. The zero-order valence-electron chi connectivity index (χ0n) is 16.0. The molecule has 0 spiro atoms. The van der Waals surface area contributed by atoms with Gasteiger partial charge in [0.25, 0.3) is 0 Å². The molecule has 5 heteroatoms. The second-order valence-corrected chi connectivity index (χ2v) is 6.42. The quantitative estimate of drug-likeness (QED) is 0.508. The Kier molecular flexibility index (Phi) is 8.25. The molecule has 1 atom stereocenters. The van der Waals surface area contributed by atoms with Crippen LogP contribution in [0.5, 0.6) is 0 Å². The van der Waals surface area contributed by atoms with E-state index in [4.69, 9.17) is 0 Å². The highest BCUT2D eigenvalue weighted by Gasteiger charge is 2.11. The fraction of sp³-hybridized carbons (Fsp3) is 0.429. The molecule has 0 saturated carbocycles. The van der Waals surface area contributed by atoms with E-state index in [0.717, 1.165) is 31.9 Å². The van der Waals surface area contributed by atoms with E-state index >= 15 is 0 Å². The van der Waals surface area contributed by atoms with Gasteiger partial charge < -0.3 is 5.11 Å². The minimum Gasteiger partial charge on any atom is -0.395 e. The van der Waals surface area contributed by atoms with E-state index in [1.807, 2.05) is 42.3 Å². The monoisotopic (exact) mass is 354 g/mol. The van der Waals surface area contributed by atoms with Crippen LogP contribution in [0.1, 0.15) is 31.9 Å². The molecule has 5 nitrogen and oxygen atoms in total. The molecule has 0 aliphatic carbocycles. The van der Waals surface area contributed by atoms with E-state index in [1.165, 1.54) is 11.1 Å². The summed E-state index contributed by atoms with van der Waals surface area (Å²) >= 11 is 0. The SMILES string of the molecule is CCN(Cc1ccccc1)/N=N/c1ccc(CN(CC)C(C)CO)cc1. The summed E-state index contributed by atoms with van der Waals surface area (Å²) in [6, 6.07) is 18.6. The van der Waals surface area contributed by atoms with Crippen molar-refractivity contribution in [3.05, 3.63) is 65.7 Å². The van der Waals surface area contributed by atoms with Crippen LogP contribution in [0.3, 0.4) is 0 Å². The summed E-state index contributed by atoms with van der Waals surface area (Å²) in [6.07, 6.45) is 0. The summed E-state index contributed by atoms with van der Waals surface area (Å²) in [5.74, 6) is 0. The first kappa shape index (κ1) is 20.1. The second-order valence-electron chi connectivity index (χ2n) is 6.42. The number of hydrogen-bond donors (Lipinski definition) is 1. The van der Waals surface area contributed by atoms with Crippen LogP contribution in [0, 0.1) is 0 Å². The highest BCUT2D eigenvalue weighted by molar-refractivity contribution is 5.38. The average Bonchev–Trinajstić information content (AvgIpc) is 2.70. The Bertz CT molecular complexity index is 657. The van der Waals surface area contributed by atoms with Gasteiger partial charge in [0.1, 0.15) is 0 Å². The highest BCUT2D eigenvalue weighted by atomic mass is 16.3. The number of likely N-dealkylation sites (N-methyl/N-ethyl adjacent to an activating group) is 1. The predicted octanol–water partition coefficient (Wildman–Crippen LogP) is 4.41. The zero-order valence-corrected chi connectivity index (χ0v) is 16.0. The van der Waals surface area contributed by atoms with Crippen LogP contribution in [-0.4, -0.2) is 40.8 Å². The lowest BCUT2D eigenvalue weighted by Crippen LogP contribution is -2.34. The molecule has 2 aromatic rings. The fourth-order valence-corrected chi connectivity index (χ4v) is 2.71. The van der Waals surface area contributed by atoms with Gasteiger partial charge in [-0.1, -0.05) is 54.6 Å². The van der Waals surface area contributed by atoms with E-state index in [9.17, 15) is 5.11 Å². The molecule has 0 saturated heterocycles. The van der Waals surface area contributed by atoms with Gasteiger partial charge in [-0.2, -0.15) is 0 Å². The van der Waals surface area contributed by atoms with Crippen LogP contribution in [0.25, 0.3) is 0 Å². The predicted molar refractivity (Wildman–Crippen MR) is 106 cm³/mol. The lowest BCUT2D eigenvalue weighted by Gasteiger charge is -2.26. The zero-order chi connectivity index (χ0) is 18.8. The van der Waals surface area contributed by atoms with Crippen LogP contribution >= 0.6 is 0 Å². The third-order valence-corrected chi connectivity index (χ3v) is 4.48. The van der Waals surface area contributed by atoms with Crippen molar-refractivity contribution in [1.82, 2.24) is 9.91 Å². The van der Waals surface area contributed by atoms with Crippen molar-refractivity contribution in [2.45, 2.75) is 39.9 Å². The number of rotatable bonds is 10. The highest BCUT2D eigenvalue weighted by Crippen LogP contribution is 2.17. The summed E-state index contributed by atoms with van der Waals surface area (Å²) in [7, 11) is 0. The van der Waals surface area contributed by atoms with Crippen molar-refractivity contribution in [3.8, 4) is 0 Å². The lowest BCUT2D eigenvalue weighted by atomic mass is 10.1. The van der Waals surface area contributed by atoms with Crippen molar-refractivity contribution < 1.29 is 5.11 Å². The number of benzene rings is 2. The van der Waals surface area contributed by atoms with Crippen molar-refractivity contribution in [3.63, 3.8) is 0 Å². The largest absolute Gasteiger partial charge is 0.395 e. The molecule has 1 unspecified atom stereocenters. The van der Waals surface area contributed by atoms with Crippen molar-refractivity contribution in [2.24, 2.45) is 10.3 Å². The molecule has 0 aliphatic rings. The van der Waals surface area contributed by atoms with Gasteiger partial charge in [0.15, 0.2) is 0 Å². The van der Waals surface area contributed by atoms with Gasteiger partial charge in [-0.3, -0.25) is 9.91 Å². The molecule has 0 fully saturated rings. The van der Waals surface area contributed by atoms with Gasteiger partial charge in [-0.25, -0.2) is 0 Å². The summed E-state index contributed by atoms with van der Waals surface area (Å²) in [5.41, 5.74) is 3.28. The molecule has 0 aliphatic heterocycles. The van der Waals surface area contributed by atoms with Gasteiger partial charge in [-0.05, 0) is 43.7 Å². The third-order valence-electron chi connectivity index (χ3n) is 4.48. The van der Waals surface area contributed by atoms with Crippen LogP contribution < -0.4 is 0 Å². The van der Waals surface area contributed by atoms with Crippen molar-refractivity contribution in [2.75, 3.05) is 19.7 Å². The van der Waals surface area contributed by atoms with Gasteiger partial charge in [-0.15, -0.1) is 5.11 Å². The Morgan fingerprint density at radius 2 is 1.54 bits per heavy atom. The third kappa shape index (κ3) is 6.24. The summed E-state index contributed by atoms with van der Waals surface area (Å²) in [6.45, 7) is 9.70. The van der Waals surface area contributed by atoms with Crippen molar-refractivity contribution >= 4 is 5.69 Å². The number of nitrogens with zero attached hydrogens (tertiary/aromatic N) is 4. The van der Waals surface area contributed by atoms with Crippen LogP contribution in [0.4, 0.5) is 5.69 Å². The van der Waals surface area contributed by atoms with Crippen molar-refractivity contribution in [1.29, 1.82) is 0 Å². The minimum absolute atomic E-state index is 0.162. The molecular weight excluding hydrogens is 324 g/mol. The van der Waals surface area contributed by atoms with Crippen LogP contribution in [-0.2, 0) is 13.1 Å². The summed E-state index contributed by atoms with van der Waals surface area (Å²) < 4.78 is 0. The molecule has 0 bridgehead atoms. The Labute approximate surface area is 157 Å². The van der Waals surface area contributed by atoms with E-state index in [0.29, 0.717) is 0 Å². The fourth-order valence-electron chi connectivity index (χ4n) is 2.71. The molecule has 0 aromatic heterocycles. The summed E-state index contributed by atoms with van der Waals surface area (Å²) in [4.78, 5) is 2.25. The molecular formula is C21H30N4O. The maximum atomic E-state index is 9.34. The Hall–Kier alpha value is -2.24. The Balaban J connectivity index is 1.95. The summed E-state index contributed by atoms with van der Waals surface area (Å²) in [5, 5.41) is 20.0. The van der Waals surface area contributed by atoms with Crippen LogP contribution in [0.2, 0.25) is 0 Å². The van der Waals surface area contributed by atoms with Gasteiger partial charge >= 0.3 is 0 Å². The number of aliphatic hydroxyl groups is 1. The normalized spacial score (nSPS) is 12.7. The molecule has 1 N–H and O–H groups in total. The maximum Gasteiger partial charge on any atom is 0.0874 e. The smallest absolute Gasteiger partial charge is 0.0874 e. The first-order valence-corrected chi connectivity index (χ1v) is 9.30. The minimum atomic E-state index is 0.162. The van der Waals surface area contributed by atoms with E-state index in [-0.39, 0.29) is 12.6 Å². The average molecular weight is 354 g/mol. The van der Waals surface area contributed by atoms with Gasteiger partial charge in [0.2, 0.25) is 0 Å². The van der Waals surface area contributed by atoms with Gasteiger partial charge in [0, 0.05) is 19.1 Å². The first-order valence-electron chi connectivity index (χ1n) is 9.30. The number of hydrogen-bond acceptors (Lipinski definition) is 4. The number of aliphatic hydroxyl groups excluding tert-OH is 1. The first-order chi connectivity index (χ1) is 12.7. The van der Waals surface area contributed by atoms with E-state index in [2.05, 4.69) is 53.4 Å². The molecule has 2 aromatic carbocycles. The Morgan fingerprint density at radius 3 is 2.12 bits per heavy atom. The van der Waals surface area contributed by atoms with Gasteiger partial charge in [0.05, 0.1) is 18.8 Å². The topological polar surface area (TPSA) is 51.4 Å². The second kappa shape index (κ2) is 10.7. The van der Waals surface area contributed by atoms with E-state index in [1.54, 1.807) is 0 Å².